The monoisotopic (exact) mass is 272 g/mol. The molecule has 0 radical (unpaired) electrons. The second-order valence-electron chi connectivity index (χ2n) is 4.62. The van der Waals surface area contributed by atoms with Crippen LogP contribution in [0.5, 0.6) is 0 Å². The molecule has 0 saturated carbocycles. The standard InChI is InChI=1S/C16H14F2N2/c1-11(14-3-2-4-15(17)8-14)20-10-13-5-12(9-19)6-16(18)7-13/h2-8,11,20H,10H2,1H3/t11-/m1/s1. The zero-order valence-electron chi connectivity index (χ0n) is 11.0. The van der Waals surface area contributed by atoms with Gasteiger partial charge < -0.3 is 5.32 Å². The Morgan fingerprint density at radius 2 is 1.95 bits per heavy atom. The highest BCUT2D eigenvalue weighted by molar-refractivity contribution is 5.33. The summed E-state index contributed by atoms with van der Waals surface area (Å²) in [4.78, 5) is 0. The molecular formula is C16H14F2N2. The predicted octanol–water partition coefficient (Wildman–Crippen LogP) is 3.69. The first-order chi connectivity index (χ1) is 9.58. The summed E-state index contributed by atoms with van der Waals surface area (Å²) in [5.41, 5.74) is 1.80. The number of benzene rings is 2. The first-order valence-electron chi connectivity index (χ1n) is 6.27. The molecule has 4 heteroatoms. The van der Waals surface area contributed by atoms with Gasteiger partial charge in [-0.3, -0.25) is 0 Å². The Balaban J connectivity index is 2.05. The van der Waals surface area contributed by atoms with Crippen molar-refractivity contribution in [2.75, 3.05) is 0 Å². The van der Waals surface area contributed by atoms with Crippen molar-refractivity contribution in [1.29, 1.82) is 5.26 Å². The molecule has 0 heterocycles. The first kappa shape index (κ1) is 14.2. The maximum Gasteiger partial charge on any atom is 0.124 e. The van der Waals surface area contributed by atoms with Gasteiger partial charge in [0.15, 0.2) is 0 Å². The van der Waals surface area contributed by atoms with Crippen LogP contribution in [-0.2, 0) is 6.54 Å². The van der Waals surface area contributed by atoms with Crippen molar-refractivity contribution in [2.24, 2.45) is 0 Å². The molecule has 0 amide bonds. The molecule has 0 unspecified atom stereocenters. The maximum absolute atomic E-state index is 13.3. The van der Waals surface area contributed by atoms with Gasteiger partial charge in [0.2, 0.25) is 0 Å². The summed E-state index contributed by atoms with van der Waals surface area (Å²) in [7, 11) is 0. The van der Waals surface area contributed by atoms with E-state index in [1.807, 2.05) is 19.1 Å². The van der Waals surface area contributed by atoms with Crippen LogP contribution in [0, 0.1) is 23.0 Å². The van der Waals surface area contributed by atoms with Crippen molar-refractivity contribution in [3.63, 3.8) is 0 Å². The molecular weight excluding hydrogens is 258 g/mol. The van der Waals surface area contributed by atoms with Gasteiger partial charge in [-0.15, -0.1) is 0 Å². The highest BCUT2D eigenvalue weighted by Gasteiger charge is 2.07. The summed E-state index contributed by atoms with van der Waals surface area (Å²) in [6.45, 7) is 2.31. The van der Waals surface area contributed by atoms with Gasteiger partial charge in [-0.1, -0.05) is 12.1 Å². The van der Waals surface area contributed by atoms with Gasteiger partial charge >= 0.3 is 0 Å². The molecule has 0 fully saturated rings. The molecule has 2 rings (SSSR count). The van der Waals surface area contributed by atoms with Gasteiger partial charge in [0.1, 0.15) is 11.6 Å². The Bertz CT molecular complexity index is 647. The van der Waals surface area contributed by atoms with Crippen molar-refractivity contribution in [2.45, 2.75) is 19.5 Å². The van der Waals surface area contributed by atoms with Crippen molar-refractivity contribution in [3.8, 4) is 6.07 Å². The second kappa shape index (κ2) is 6.27. The van der Waals surface area contributed by atoms with Gasteiger partial charge in [0.05, 0.1) is 11.6 Å². The van der Waals surface area contributed by atoms with Gasteiger partial charge in [0.25, 0.3) is 0 Å². The minimum atomic E-state index is -0.431. The number of nitriles is 1. The summed E-state index contributed by atoms with van der Waals surface area (Å²) >= 11 is 0. The van der Waals surface area contributed by atoms with Crippen LogP contribution in [0.25, 0.3) is 0 Å². The van der Waals surface area contributed by atoms with Gasteiger partial charge in [-0.05, 0) is 48.4 Å². The van der Waals surface area contributed by atoms with Crippen LogP contribution in [0.15, 0.2) is 42.5 Å². The Labute approximate surface area is 116 Å². The van der Waals surface area contributed by atoms with Gasteiger partial charge in [-0.25, -0.2) is 8.78 Å². The number of hydrogen-bond acceptors (Lipinski definition) is 2. The molecule has 0 spiro atoms. The summed E-state index contributed by atoms with van der Waals surface area (Å²) in [6.07, 6.45) is 0. The van der Waals surface area contributed by atoms with Crippen molar-refractivity contribution in [1.82, 2.24) is 5.32 Å². The van der Waals surface area contributed by atoms with Crippen LogP contribution in [0.4, 0.5) is 8.78 Å². The Hall–Kier alpha value is -2.25. The van der Waals surface area contributed by atoms with Gasteiger partial charge in [0, 0.05) is 12.6 Å². The van der Waals surface area contributed by atoms with E-state index in [-0.39, 0.29) is 11.9 Å². The second-order valence-corrected chi connectivity index (χ2v) is 4.62. The zero-order chi connectivity index (χ0) is 14.5. The lowest BCUT2D eigenvalue weighted by Gasteiger charge is -2.14. The smallest absolute Gasteiger partial charge is 0.124 e. The summed E-state index contributed by atoms with van der Waals surface area (Å²) in [6, 6.07) is 12.4. The third-order valence-electron chi connectivity index (χ3n) is 3.05. The van der Waals surface area contributed by atoms with Crippen LogP contribution < -0.4 is 5.32 Å². The van der Waals surface area contributed by atoms with E-state index >= 15 is 0 Å². The van der Waals surface area contributed by atoms with E-state index in [9.17, 15) is 8.78 Å². The minimum Gasteiger partial charge on any atom is -0.306 e. The molecule has 2 aromatic rings. The van der Waals surface area contributed by atoms with E-state index in [0.717, 1.165) is 5.56 Å². The molecule has 0 aliphatic heterocycles. The van der Waals surface area contributed by atoms with Crippen LogP contribution >= 0.6 is 0 Å². The fraction of sp³-hybridized carbons (Fsp3) is 0.188. The third kappa shape index (κ3) is 3.62. The molecule has 1 N–H and O–H groups in total. The van der Waals surface area contributed by atoms with E-state index in [1.54, 1.807) is 12.1 Å². The van der Waals surface area contributed by atoms with Crippen molar-refractivity contribution < 1.29 is 8.78 Å². The van der Waals surface area contributed by atoms with Crippen molar-refractivity contribution >= 4 is 0 Å². The summed E-state index contributed by atoms with van der Waals surface area (Å²) < 4.78 is 26.4. The molecule has 0 saturated heterocycles. The molecule has 20 heavy (non-hydrogen) atoms. The lowest BCUT2D eigenvalue weighted by Crippen LogP contribution is -2.18. The van der Waals surface area contributed by atoms with E-state index in [4.69, 9.17) is 5.26 Å². The molecule has 2 aromatic carbocycles. The fourth-order valence-electron chi connectivity index (χ4n) is 1.98. The highest BCUT2D eigenvalue weighted by Crippen LogP contribution is 2.15. The van der Waals surface area contributed by atoms with Crippen LogP contribution in [-0.4, -0.2) is 0 Å². The molecule has 0 aromatic heterocycles. The normalized spacial score (nSPS) is 11.9. The number of nitrogens with zero attached hydrogens (tertiary/aromatic N) is 1. The van der Waals surface area contributed by atoms with Gasteiger partial charge in [-0.2, -0.15) is 5.26 Å². The molecule has 1 atom stereocenters. The van der Waals surface area contributed by atoms with E-state index < -0.39 is 5.82 Å². The number of hydrogen-bond donors (Lipinski definition) is 1. The third-order valence-corrected chi connectivity index (χ3v) is 3.05. The fourth-order valence-corrected chi connectivity index (χ4v) is 1.98. The van der Waals surface area contributed by atoms with Crippen LogP contribution in [0.2, 0.25) is 0 Å². The highest BCUT2D eigenvalue weighted by atomic mass is 19.1. The maximum atomic E-state index is 13.3. The molecule has 0 aliphatic rings. The Morgan fingerprint density at radius 1 is 1.15 bits per heavy atom. The molecule has 0 bridgehead atoms. The summed E-state index contributed by atoms with van der Waals surface area (Å²) in [5, 5.41) is 12.0. The first-order valence-corrected chi connectivity index (χ1v) is 6.27. The SMILES string of the molecule is C[C@@H](NCc1cc(F)cc(C#N)c1)c1cccc(F)c1. The average molecular weight is 272 g/mol. The number of halogens is 2. The topological polar surface area (TPSA) is 35.8 Å². The number of rotatable bonds is 4. The van der Waals surface area contributed by atoms with Crippen LogP contribution in [0.3, 0.4) is 0 Å². The predicted molar refractivity (Wildman–Crippen MR) is 72.8 cm³/mol. The average Bonchev–Trinajstić information content (AvgIpc) is 2.44. The quantitative estimate of drug-likeness (QED) is 0.921. The summed E-state index contributed by atoms with van der Waals surface area (Å²) in [5.74, 6) is -0.715. The Kier molecular flexibility index (Phi) is 4.44. The molecule has 0 aliphatic carbocycles. The molecule has 102 valence electrons. The van der Waals surface area contributed by atoms with E-state index in [2.05, 4.69) is 5.32 Å². The number of nitrogens with one attached hydrogen (secondary N) is 1. The minimum absolute atomic E-state index is 0.0699. The largest absolute Gasteiger partial charge is 0.306 e. The van der Waals surface area contributed by atoms with E-state index in [0.29, 0.717) is 17.7 Å². The zero-order valence-corrected chi connectivity index (χ0v) is 11.0. The van der Waals surface area contributed by atoms with E-state index in [1.165, 1.54) is 24.3 Å². The molecule has 2 nitrogen and oxygen atoms in total. The Morgan fingerprint density at radius 3 is 2.65 bits per heavy atom. The lowest BCUT2D eigenvalue weighted by molar-refractivity contribution is 0.561. The van der Waals surface area contributed by atoms with Crippen molar-refractivity contribution in [3.05, 3.63) is 70.8 Å². The van der Waals surface area contributed by atoms with Crippen LogP contribution in [0.1, 0.15) is 29.7 Å². The lowest BCUT2D eigenvalue weighted by atomic mass is 10.1.